The highest BCUT2D eigenvalue weighted by atomic mass is 16.5. The van der Waals surface area contributed by atoms with Gasteiger partial charge in [-0.25, -0.2) is 4.79 Å². The first-order valence-corrected chi connectivity index (χ1v) is 5.35. The fourth-order valence-corrected chi connectivity index (χ4v) is 1.28. The summed E-state index contributed by atoms with van der Waals surface area (Å²) in [6, 6.07) is 3.03. The van der Waals surface area contributed by atoms with Gasteiger partial charge in [0.2, 0.25) is 5.76 Å². The summed E-state index contributed by atoms with van der Waals surface area (Å²) < 4.78 is 9.67. The van der Waals surface area contributed by atoms with Gasteiger partial charge in [-0.2, -0.15) is 0 Å². The van der Waals surface area contributed by atoms with Crippen LogP contribution in [-0.2, 0) is 11.3 Å². The summed E-state index contributed by atoms with van der Waals surface area (Å²) >= 11 is 0. The molecule has 7 nitrogen and oxygen atoms in total. The van der Waals surface area contributed by atoms with E-state index >= 15 is 0 Å². The third-order valence-corrected chi connectivity index (χ3v) is 2.59. The van der Waals surface area contributed by atoms with E-state index < -0.39 is 31.3 Å². The van der Waals surface area contributed by atoms with Gasteiger partial charge in [-0.1, -0.05) is 0 Å². The van der Waals surface area contributed by atoms with E-state index in [0.29, 0.717) is 5.76 Å². The number of aliphatic hydroxyl groups is 3. The molecule has 0 aliphatic heterocycles. The van der Waals surface area contributed by atoms with Crippen molar-refractivity contribution < 1.29 is 29.3 Å². The van der Waals surface area contributed by atoms with Gasteiger partial charge in [0, 0.05) is 0 Å². The quantitative estimate of drug-likeness (QED) is 0.458. The molecule has 1 rings (SSSR count). The average molecular weight is 259 g/mol. The predicted octanol–water partition coefficient (Wildman–Crippen LogP) is -1.13. The van der Waals surface area contributed by atoms with Crippen LogP contribution < -0.4 is 5.32 Å². The van der Waals surface area contributed by atoms with Crippen molar-refractivity contribution in [1.29, 1.82) is 0 Å². The lowest BCUT2D eigenvalue weighted by Crippen LogP contribution is -2.54. The van der Waals surface area contributed by atoms with Gasteiger partial charge in [0.05, 0.1) is 39.0 Å². The normalized spacial score (nSPS) is 11.6. The predicted molar refractivity (Wildman–Crippen MR) is 60.9 cm³/mol. The maximum atomic E-state index is 11.1. The van der Waals surface area contributed by atoms with Crippen LogP contribution in [0.25, 0.3) is 0 Å². The van der Waals surface area contributed by atoms with Crippen LogP contribution in [0.1, 0.15) is 16.3 Å². The number of rotatable bonds is 7. The fourth-order valence-electron chi connectivity index (χ4n) is 1.28. The lowest BCUT2D eigenvalue weighted by Gasteiger charge is -2.28. The molecule has 0 unspecified atom stereocenters. The topological polar surface area (TPSA) is 112 Å². The van der Waals surface area contributed by atoms with E-state index in [0.717, 1.165) is 0 Å². The second-order valence-corrected chi connectivity index (χ2v) is 3.87. The van der Waals surface area contributed by atoms with Crippen LogP contribution in [0.5, 0.6) is 0 Å². The summed E-state index contributed by atoms with van der Waals surface area (Å²) in [5, 5.41) is 30.1. The van der Waals surface area contributed by atoms with E-state index in [-0.39, 0.29) is 12.3 Å². The summed E-state index contributed by atoms with van der Waals surface area (Å²) in [7, 11) is 1.25. The average Bonchev–Trinajstić information content (AvgIpc) is 2.89. The van der Waals surface area contributed by atoms with Crippen molar-refractivity contribution in [3.05, 3.63) is 23.7 Å². The number of hydrogen-bond acceptors (Lipinski definition) is 7. The number of furan rings is 1. The molecular formula is C11H17NO6. The molecule has 1 aromatic rings. The van der Waals surface area contributed by atoms with Gasteiger partial charge in [0.15, 0.2) is 0 Å². The van der Waals surface area contributed by atoms with E-state index in [4.69, 9.17) is 19.7 Å². The highest BCUT2D eigenvalue weighted by Crippen LogP contribution is 2.11. The van der Waals surface area contributed by atoms with Gasteiger partial charge >= 0.3 is 5.97 Å². The Kier molecular flexibility index (Phi) is 5.29. The van der Waals surface area contributed by atoms with Crippen LogP contribution in [0.2, 0.25) is 0 Å². The summed E-state index contributed by atoms with van der Waals surface area (Å²) in [5.41, 5.74) is -1.18. The van der Waals surface area contributed by atoms with Gasteiger partial charge in [0.1, 0.15) is 5.76 Å². The minimum absolute atomic E-state index is 0.0666. The molecule has 0 aromatic carbocycles. The highest BCUT2D eigenvalue weighted by Gasteiger charge is 2.27. The van der Waals surface area contributed by atoms with Gasteiger partial charge in [-0.15, -0.1) is 0 Å². The molecule has 0 bridgehead atoms. The molecule has 0 amide bonds. The first kappa shape index (κ1) is 14.7. The Bertz CT molecular complexity index is 376. The van der Waals surface area contributed by atoms with Crippen molar-refractivity contribution >= 4 is 5.97 Å². The minimum Gasteiger partial charge on any atom is -0.463 e. The van der Waals surface area contributed by atoms with Crippen LogP contribution in [0, 0.1) is 0 Å². The smallest absolute Gasteiger partial charge is 0.373 e. The fraction of sp³-hybridized carbons (Fsp3) is 0.545. The molecule has 0 atom stereocenters. The van der Waals surface area contributed by atoms with E-state index in [1.54, 1.807) is 6.07 Å². The number of aliphatic hydroxyl groups excluding tert-OH is 3. The highest BCUT2D eigenvalue weighted by molar-refractivity contribution is 5.86. The summed E-state index contributed by atoms with van der Waals surface area (Å²) in [6.45, 7) is -1.13. The number of hydrogen-bond donors (Lipinski definition) is 4. The molecule has 0 saturated heterocycles. The Morgan fingerprint density at radius 2 is 1.94 bits per heavy atom. The Morgan fingerprint density at radius 3 is 2.44 bits per heavy atom. The summed E-state index contributed by atoms with van der Waals surface area (Å²) in [6.07, 6.45) is 0. The maximum absolute atomic E-state index is 11.1. The number of ether oxygens (including phenoxy) is 1. The SMILES string of the molecule is COC(=O)c1ccc(CNC(CO)(CO)CO)o1. The zero-order chi connectivity index (χ0) is 13.6. The van der Waals surface area contributed by atoms with Crippen molar-refractivity contribution in [1.82, 2.24) is 5.32 Å². The van der Waals surface area contributed by atoms with Gasteiger partial charge in [-0.05, 0) is 12.1 Å². The molecule has 102 valence electrons. The van der Waals surface area contributed by atoms with Gasteiger partial charge in [0.25, 0.3) is 0 Å². The molecule has 18 heavy (non-hydrogen) atoms. The van der Waals surface area contributed by atoms with E-state index in [9.17, 15) is 4.79 Å². The Morgan fingerprint density at radius 1 is 1.33 bits per heavy atom. The largest absolute Gasteiger partial charge is 0.463 e. The second-order valence-electron chi connectivity index (χ2n) is 3.87. The lowest BCUT2D eigenvalue weighted by atomic mass is 10.0. The third kappa shape index (κ3) is 3.30. The Hall–Kier alpha value is -1.41. The van der Waals surface area contributed by atoms with Crippen molar-refractivity contribution in [2.75, 3.05) is 26.9 Å². The first-order chi connectivity index (χ1) is 8.60. The summed E-state index contributed by atoms with van der Waals surface area (Å²) in [4.78, 5) is 11.1. The van der Waals surface area contributed by atoms with E-state index in [1.807, 2.05) is 0 Å². The monoisotopic (exact) mass is 259 g/mol. The Labute approximate surface area is 104 Å². The van der Waals surface area contributed by atoms with Crippen LogP contribution in [0.3, 0.4) is 0 Å². The van der Waals surface area contributed by atoms with E-state index in [2.05, 4.69) is 10.1 Å². The number of carbonyl (C=O) groups is 1. The number of esters is 1. The molecular weight excluding hydrogens is 242 g/mol. The van der Waals surface area contributed by atoms with Crippen LogP contribution in [-0.4, -0.2) is 53.8 Å². The van der Waals surface area contributed by atoms with Crippen LogP contribution >= 0.6 is 0 Å². The molecule has 0 radical (unpaired) electrons. The zero-order valence-corrected chi connectivity index (χ0v) is 10.0. The Balaban J connectivity index is 2.63. The van der Waals surface area contributed by atoms with Gasteiger partial charge < -0.3 is 24.5 Å². The molecule has 0 aliphatic rings. The van der Waals surface area contributed by atoms with Crippen molar-refractivity contribution in [3.63, 3.8) is 0 Å². The number of nitrogens with one attached hydrogen (secondary N) is 1. The summed E-state index contributed by atoms with van der Waals surface area (Å²) in [5.74, 6) is -0.0917. The number of methoxy groups -OCH3 is 1. The molecule has 0 fully saturated rings. The number of carbonyl (C=O) groups excluding carboxylic acids is 1. The maximum Gasteiger partial charge on any atom is 0.373 e. The van der Waals surface area contributed by atoms with Crippen LogP contribution in [0.4, 0.5) is 0 Å². The lowest BCUT2D eigenvalue weighted by molar-refractivity contribution is 0.0397. The van der Waals surface area contributed by atoms with Crippen molar-refractivity contribution in [2.24, 2.45) is 0 Å². The van der Waals surface area contributed by atoms with Crippen LogP contribution in [0.15, 0.2) is 16.5 Å². The molecule has 0 spiro atoms. The van der Waals surface area contributed by atoms with Crippen molar-refractivity contribution in [3.8, 4) is 0 Å². The molecule has 4 N–H and O–H groups in total. The standard InChI is InChI=1S/C11H17NO6/c1-17-10(16)9-3-2-8(18-9)4-12-11(5-13,6-14)7-15/h2-3,12-15H,4-7H2,1H3. The molecule has 7 heteroatoms. The van der Waals surface area contributed by atoms with Gasteiger partial charge in [-0.3, -0.25) is 5.32 Å². The molecule has 0 saturated carbocycles. The molecule has 1 aromatic heterocycles. The molecule has 1 heterocycles. The minimum atomic E-state index is -1.18. The van der Waals surface area contributed by atoms with Crippen molar-refractivity contribution in [2.45, 2.75) is 12.1 Å². The van der Waals surface area contributed by atoms with E-state index in [1.165, 1.54) is 13.2 Å². The third-order valence-electron chi connectivity index (χ3n) is 2.59. The molecule has 0 aliphatic carbocycles. The zero-order valence-electron chi connectivity index (χ0n) is 10.0. The first-order valence-electron chi connectivity index (χ1n) is 5.35. The second kappa shape index (κ2) is 6.50.